The summed E-state index contributed by atoms with van der Waals surface area (Å²) >= 11 is 0. The first kappa shape index (κ1) is 22.1. The molecule has 1 heterocycles. The van der Waals surface area contributed by atoms with Gasteiger partial charge in [-0.05, 0) is 59.0 Å². The van der Waals surface area contributed by atoms with Gasteiger partial charge in [0.1, 0.15) is 0 Å². The number of halogens is 2. The first-order valence-electron chi connectivity index (χ1n) is 10.3. The number of hydrogen-bond donors (Lipinski definition) is 3. The highest BCUT2D eigenvalue weighted by Gasteiger charge is 2.22. The fraction of sp³-hybridized carbons (Fsp3) is 0.115. The number of aromatic carboxylic acids is 1. The summed E-state index contributed by atoms with van der Waals surface area (Å²) in [6, 6.07) is 13.5. The third kappa shape index (κ3) is 3.93. The Hall–Kier alpha value is -4.13. The van der Waals surface area contributed by atoms with Crippen molar-refractivity contribution in [2.24, 2.45) is 0 Å². The summed E-state index contributed by atoms with van der Waals surface area (Å²) in [6.07, 6.45) is 1.14. The van der Waals surface area contributed by atoms with Gasteiger partial charge in [-0.15, -0.1) is 0 Å². The average Bonchev–Trinajstić information content (AvgIpc) is 2.79. The van der Waals surface area contributed by atoms with Gasteiger partial charge in [0.2, 0.25) is 0 Å². The third-order valence-electron chi connectivity index (χ3n) is 5.57. The van der Waals surface area contributed by atoms with Crippen molar-refractivity contribution in [1.29, 1.82) is 5.41 Å². The minimum atomic E-state index is -1.04. The number of benzene rings is 3. The molecule has 4 aromatic rings. The quantitative estimate of drug-likeness (QED) is 0.250. The van der Waals surface area contributed by atoms with Crippen molar-refractivity contribution < 1.29 is 18.7 Å². The molecule has 3 aromatic carbocycles. The van der Waals surface area contributed by atoms with Gasteiger partial charge in [0.25, 0.3) is 0 Å². The van der Waals surface area contributed by atoms with Crippen molar-refractivity contribution in [3.63, 3.8) is 0 Å². The van der Waals surface area contributed by atoms with Crippen LogP contribution in [0.25, 0.3) is 33.3 Å². The lowest BCUT2D eigenvalue weighted by atomic mass is 9.86. The summed E-state index contributed by atoms with van der Waals surface area (Å²) in [5.41, 5.74) is 10.8. The van der Waals surface area contributed by atoms with E-state index in [1.807, 2.05) is 13.8 Å². The van der Waals surface area contributed by atoms with Crippen molar-refractivity contribution in [2.75, 3.05) is 5.73 Å². The zero-order chi connectivity index (χ0) is 23.9. The SMILES string of the molecule is CC(C)c1c(-c2ccc(C(=O)O)cc2)nc2cc(N)c(C=N)cc2c1-c1ccc(F)c(F)c1. The van der Waals surface area contributed by atoms with Crippen molar-refractivity contribution in [3.8, 4) is 22.4 Å². The average molecular weight is 445 g/mol. The van der Waals surface area contributed by atoms with Crippen molar-refractivity contribution in [3.05, 3.63) is 82.9 Å². The summed E-state index contributed by atoms with van der Waals surface area (Å²) in [5, 5.41) is 17.6. The van der Waals surface area contributed by atoms with Crippen LogP contribution in [-0.2, 0) is 0 Å². The van der Waals surface area contributed by atoms with Crippen molar-refractivity contribution >= 4 is 28.8 Å². The highest BCUT2D eigenvalue weighted by molar-refractivity contribution is 6.04. The van der Waals surface area contributed by atoms with Gasteiger partial charge >= 0.3 is 5.97 Å². The van der Waals surface area contributed by atoms with Gasteiger partial charge in [0, 0.05) is 28.4 Å². The van der Waals surface area contributed by atoms with E-state index in [9.17, 15) is 18.7 Å². The van der Waals surface area contributed by atoms with Gasteiger partial charge in [0.05, 0.1) is 16.8 Å². The van der Waals surface area contributed by atoms with Crippen LogP contribution in [0.4, 0.5) is 14.5 Å². The molecule has 4 rings (SSSR count). The lowest BCUT2D eigenvalue weighted by Crippen LogP contribution is -2.04. The molecule has 33 heavy (non-hydrogen) atoms. The van der Waals surface area contributed by atoms with E-state index in [4.69, 9.17) is 16.1 Å². The zero-order valence-electron chi connectivity index (χ0n) is 18.0. The molecule has 0 saturated carbocycles. The van der Waals surface area contributed by atoms with Crippen LogP contribution in [0.15, 0.2) is 54.6 Å². The highest BCUT2D eigenvalue weighted by Crippen LogP contribution is 2.42. The topological polar surface area (TPSA) is 100 Å². The molecule has 4 N–H and O–H groups in total. The van der Waals surface area contributed by atoms with Gasteiger partial charge in [-0.3, -0.25) is 0 Å². The minimum absolute atomic E-state index is 0.0693. The maximum Gasteiger partial charge on any atom is 0.335 e. The summed E-state index contributed by atoms with van der Waals surface area (Å²) < 4.78 is 28.0. The number of aromatic nitrogens is 1. The van der Waals surface area contributed by atoms with Crippen molar-refractivity contribution in [1.82, 2.24) is 4.98 Å². The monoisotopic (exact) mass is 445 g/mol. The number of carboxylic acids is 1. The smallest absolute Gasteiger partial charge is 0.335 e. The number of fused-ring (bicyclic) bond motifs is 1. The second-order valence-corrected chi connectivity index (χ2v) is 8.06. The van der Waals surface area contributed by atoms with E-state index in [2.05, 4.69) is 0 Å². The number of carbonyl (C=O) groups is 1. The fourth-order valence-corrected chi connectivity index (χ4v) is 4.00. The molecule has 0 atom stereocenters. The Labute approximate surface area is 189 Å². The Balaban J connectivity index is 2.14. The fourth-order valence-electron chi connectivity index (χ4n) is 4.00. The number of anilines is 1. The first-order chi connectivity index (χ1) is 15.7. The third-order valence-corrected chi connectivity index (χ3v) is 5.57. The molecule has 1 aromatic heterocycles. The molecular weight excluding hydrogens is 424 g/mol. The van der Waals surface area contributed by atoms with Gasteiger partial charge in [-0.1, -0.05) is 32.0 Å². The molecule has 0 aliphatic carbocycles. The van der Waals surface area contributed by atoms with Crippen LogP contribution in [0.5, 0.6) is 0 Å². The molecule has 0 spiro atoms. The van der Waals surface area contributed by atoms with E-state index in [-0.39, 0.29) is 11.5 Å². The van der Waals surface area contributed by atoms with E-state index in [0.717, 1.165) is 23.9 Å². The first-order valence-corrected chi connectivity index (χ1v) is 10.3. The van der Waals surface area contributed by atoms with E-state index in [1.54, 1.807) is 24.3 Å². The number of nitrogen functional groups attached to an aromatic ring is 1. The molecule has 0 saturated heterocycles. The molecule has 7 heteroatoms. The molecular formula is C26H21F2N3O2. The summed E-state index contributed by atoms with van der Waals surface area (Å²) in [5.74, 6) is -3.02. The van der Waals surface area contributed by atoms with Crippen LogP contribution in [0.1, 0.15) is 41.3 Å². The minimum Gasteiger partial charge on any atom is -0.478 e. The predicted molar refractivity (Wildman–Crippen MR) is 126 cm³/mol. The van der Waals surface area contributed by atoms with Gasteiger partial charge in [-0.25, -0.2) is 18.6 Å². The number of nitrogens with one attached hydrogen (secondary N) is 1. The Morgan fingerprint density at radius 1 is 1.03 bits per heavy atom. The number of hydrogen-bond acceptors (Lipinski definition) is 4. The molecule has 0 amide bonds. The largest absolute Gasteiger partial charge is 0.478 e. The highest BCUT2D eigenvalue weighted by atomic mass is 19.2. The predicted octanol–water partition coefficient (Wildman–Crippen LogP) is 6.25. The van der Waals surface area contributed by atoms with E-state index >= 15 is 0 Å². The molecule has 166 valence electrons. The van der Waals surface area contributed by atoms with Gasteiger partial charge in [-0.2, -0.15) is 0 Å². The van der Waals surface area contributed by atoms with E-state index in [1.165, 1.54) is 18.2 Å². The van der Waals surface area contributed by atoms with Crippen LogP contribution in [0.2, 0.25) is 0 Å². The van der Waals surface area contributed by atoms with Gasteiger partial charge < -0.3 is 16.2 Å². The molecule has 0 unspecified atom stereocenters. The number of nitrogens with zero attached hydrogens (tertiary/aromatic N) is 1. The normalized spacial score (nSPS) is 11.2. The molecule has 0 bridgehead atoms. The molecule has 0 aliphatic rings. The number of nitrogens with two attached hydrogens (primary N) is 1. The molecule has 0 fully saturated rings. The van der Waals surface area contributed by atoms with Crippen LogP contribution in [0.3, 0.4) is 0 Å². The number of pyridine rings is 1. The number of rotatable bonds is 5. The Morgan fingerprint density at radius 2 is 1.70 bits per heavy atom. The molecule has 0 aliphatic heterocycles. The zero-order valence-corrected chi connectivity index (χ0v) is 18.0. The van der Waals surface area contributed by atoms with Crippen LogP contribution in [-0.4, -0.2) is 22.3 Å². The lowest BCUT2D eigenvalue weighted by molar-refractivity contribution is 0.0697. The van der Waals surface area contributed by atoms with Crippen LogP contribution in [0, 0.1) is 17.0 Å². The standard InChI is InChI=1S/C26H21F2N3O2/c1-13(2)23-24(16-7-8-19(27)20(28)10-16)18-9-17(12-29)21(30)11-22(18)31-25(23)14-3-5-15(6-4-14)26(32)33/h3-13,29H,30H2,1-2H3,(H,32,33). The second kappa shape index (κ2) is 8.43. The van der Waals surface area contributed by atoms with E-state index < -0.39 is 17.6 Å². The van der Waals surface area contributed by atoms with Crippen molar-refractivity contribution in [2.45, 2.75) is 19.8 Å². The number of carboxylic acid groups (broad SMARTS) is 1. The molecule has 0 radical (unpaired) electrons. The maximum absolute atomic E-state index is 14.2. The Bertz CT molecular complexity index is 1410. The van der Waals surface area contributed by atoms with Gasteiger partial charge in [0.15, 0.2) is 11.6 Å². The van der Waals surface area contributed by atoms with E-state index in [0.29, 0.717) is 44.5 Å². The Morgan fingerprint density at radius 3 is 2.27 bits per heavy atom. The second-order valence-electron chi connectivity index (χ2n) is 8.06. The maximum atomic E-state index is 14.2. The van der Waals surface area contributed by atoms with Crippen LogP contribution >= 0.6 is 0 Å². The van der Waals surface area contributed by atoms with Crippen LogP contribution < -0.4 is 5.73 Å². The Kier molecular flexibility index (Phi) is 5.64. The summed E-state index contributed by atoms with van der Waals surface area (Å²) in [4.78, 5) is 16.1. The summed E-state index contributed by atoms with van der Waals surface area (Å²) in [7, 11) is 0. The lowest BCUT2D eigenvalue weighted by Gasteiger charge is -2.21. The summed E-state index contributed by atoms with van der Waals surface area (Å²) in [6.45, 7) is 3.94. The molecule has 5 nitrogen and oxygen atoms in total.